The summed E-state index contributed by atoms with van der Waals surface area (Å²) in [6.07, 6.45) is 3.26. The minimum absolute atomic E-state index is 0.00103. The van der Waals surface area contributed by atoms with Gasteiger partial charge in [0, 0.05) is 32.2 Å². The number of imidazole rings is 1. The standard InChI is InChI=1S/C27H31FN4O4S/c28-25-9-5-4-8-24(25)26(33)31(13-12-30-14-16-36-17-15-30)19-23-18-29-27(32(23)22-10-11-22)37(34,35)20-21-6-2-1-3-7-21/h1-9,18,22H,10-17,19-20H2. The van der Waals surface area contributed by atoms with E-state index >= 15 is 0 Å². The van der Waals surface area contributed by atoms with Gasteiger partial charge in [-0.25, -0.2) is 17.8 Å². The van der Waals surface area contributed by atoms with Crippen molar-refractivity contribution in [2.45, 2.75) is 36.3 Å². The first-order valence-corrected chi connectivity index (χ1v) is 14.2. The molecular weight excluding hydrogens is 495 g/mol. The van der Waals surface area contributed by atoms with Crippen LogP contribution in [-0.2, 0) is 26.9 Å². The quantitative estimate of drug-likeness (QED) is 0.403. The van der Waals surface area contributed by atoms with Crippen molar-refractivity contribution in [3.63, 3.8) is 0 Å². The summed E-state index contributed by atoms with van der Waals surface area (Å²) in [5, 5.41) is 0.0281. The highest BCUT2D eigenvalue weighted by atomic mass is 32.2. The van der Waals surface area contributed by atoms with Crippen LogP contribution in [0.25, 0.3) is 0 Å². The Morgan fingerprint density at radius 3 is 2.46 bits per heavy atom. The van der Waals surface area contributed by atoms with Gasteiger partial charge in [-0.05, 0) is 30.5 Å². The van der Waals surface area contributed by atoms with E-state index in [1.54, 1.807) is 39.9 Å². The van der Waals surface area contributed by atoms with Crippen LogP contribution >= 0.6 is 0 Å². The van der Waals surface area contributed by atoms with E-state index in [2.05, 4.69) is 9.88 Å². The lowest BCUT2D eigenvalue weighted by Gasteiger charge is -2.30. The zero-order valence-electron chi connectivity index (χ0n) is 20.6. The van der Waals surface area contributed by atoms with E-state index in [0.717, 1.165) is 25.9 Å². The number of carbonyl (C=O) groups excluding carboxylic acids is 1. The molecule has 5 rings (SSSR count). The third kappa shape index (κ3) is 6.08. The van der Waals surface area contributed by atoms with Crippen molar-refractivity contribution in [1.82, 2.24) is 19.4 Å². The lowest BCUT2D eigenvalue weighted by molar-refractivity contribution is 0.0318. The van der Waals surface area contributed by atoms with Crippen molar-refractivity contribution in [2.24, 2.45) is 0 Å². The number of rotatable bonds is 10. The molecule has 0 atom stereocenters. The Hall–Kier alpha value is -3.08. The molecule has 2 aliphatic rings. The van der Waals surface area contributed by atoms with Gasteiger partial charge in [0.25, 0.3) is 5.91 Å². The van der Waals surface area contributed by atoms with Crippen LogP contribution in [0.15, 0.2) is 66.0 Å². The monoisotopic (exact) mass is 526 g/mol. The minimum atomic E-state index is -3.71. The van der Waals surface area contributed by atoms with E-state index in [4.69, 9.17) is 4.74 Å². The van der Waals surface area contributed by atoms with Crippen LogP contribution in [0.3, 0.4) is 0 Å². The molecule has 0 radical (unpaired) electrons. The average Bonchev–Trinajstić information content (AvgIpc) is 3.66. The first-order valence-electron chi connectivity index (χ1n) is 12.6. The molecule has 37 heavy (non-hydrogen) atoms. The second-order valence-corrected chi connectivity index (χ2v) is 11.4. The van der Waals surface area contributed by atoms with E-state index < -0.39 is 21.6 Å². The van der Waals surface area contributed by atoms with Crippen LogP contribution in [0.1, 0.15) is 40.5 Å². The highest BCUT2D eigenvalue weighted by molar-refractivity contribution is 7.90. The highest BCUT2D eigenvalue weighted by Crippen LogP contribution is 2.39. The number of morpholine rings is 1. The fourth-order valence-electron chi connectivity index (χ4n) is 4.65. The molecule has 1 saturated carbocycles. The molecule has 2 fully saturated rings. The molecule has 8 nitrogen and oxygen atoms in total. The van der Waals surface area contributed by atoms with E-state index in [1.165, 1.54) is 12.1 Å². The van der Waals surface area contributed by atoms with Crippen LogP contribution in [0.2, 0.25) is 0 Å². The SMILES string of the molecule is O=C(c1ccccc1F)N(CCN1CCOCC1)Cc1cnc(S(=O)(=O)Cc2ccccc2)n1C1CC1. The summed E-state index contributed by atoms with van der Waals surface area (Å²) in [4.78, 5) is 21.6. The van der Waals surface area contributed by atoms with E-state index in [0.29, 0.717) is 37.6 Å². The van der Waals surface area contributed by atoms with Gasteiger partial charge in [-0.15, -0.1) is 0 Å². The van der Waals surface area contributed by atoms with E-state index in [-0.39, 0.29) is 29.1 Å². The number of ether oxygens (including phenoxy) is 1. The van der Waals surface area contributed by atoms with Crippen LogP contribution in [0, 0.1) is 5.82 Å². The van der Waals surface area contributed by atoms with Gasteiger partial charge in [-0.1, -0.05) is 42.5 Å². The van der Waals surface area contributed by atoms with Gasteiger partial charge in [0.05, 0.1) is 43.0 Å². The van der Waals surface area contributed by atoms with Crippen LogP contribution in [-0.4, -0.2) is 73.1 Å². The molecule has 1 aliphatic carbocycles. The molecule has 3 aromatic rings. The lowest BCUT2D eigenvalue weighted by atomic mass is 10.1. The van der Waals surface area contributed by atoms with Crippen LogP contribution in [0.4, 0.5) is 4.39 Å². The third-order valence-electron chi connectivity index (χ3n) is 6.76. The smallest absolute Gasteiger partial charge is 0.257 e. The normalized spacial score (nSPS) is 16.6. The van der Waals surface area contributed by atoms with Gasteiger partial charge in [-0.3, -0.25) is 9.69 Å². The Balaban J connectivity index is 1.42. The van der Waals surface area contributed by atoms with Gasteiger partial charge < -0.3 is 14.2 Å². The summed E-state index contributed by atoms with van der Waals surface area (Å²) in [7, 11) is -3.71. The lowest BCUT2D eigenvalue weighted by Crippen LogP contribution is -2.43. The Bertz CT molecular complexity index is 1340. The number of nitrogens with zero attached hydrogens (tertiary/aromatic N) is 4. The fourth-order valence-corrected chi connectivity index (χ4v) is 6.19. The van der Waals surface area contributed by atoms with E-state index in [1.807, 2.05) is 18.2 Å². The Kier molecular flexibility index (Phi) is 7.68. The molecule has 0 N–H and O–H groups in total. The minimum Gasteiger partial charge on any atom is -0.379 e. The van der Waals surface area contributed by atoms with Crippen LogP contribution < -0.4 is 0 Å². The van der Waals surface area contributed by atoms with Crippen molar-refractivity contribution in [3.8, 4) is 0 Å². The fraction of sp³-hybridized carbons (Fsp3) is 0.407. The Morgan fingerprint density at radius 2 is 1.76 bits per heavy atom. The molecular formula is C27H31FN4O4S. The first-order chi connectivity index (χ1) is 17.9. The molecule has 10 heteroatoms. The van der Waals surface area contributed by atoms with Crippen molar-refractivity contribution in [1.29, 1.82) is 0 Å². The van der Waals surface area contributed by atoms with Crippen molar-refractivity contribution >= 4 is 15.7 Å². The molecule has 0 spiro atoms. The highest BCUT2D eigenvalue weighted by Gasteiger charge is 2.34. The predicted octanol–water partition coefficient (Wildman–Crippen LogP) is 3.31. The molecule has 196 valence electrons. The van der Waals surface area contributed by atoms with Crippen LogP contribution in [0.5, 0.6) is 0 Å². The van der Waals surface area contributed by atoms with Gasteiger partial charge in [0.1, 0.15) is 5.82 Å². The number of carbonyl (C=O) groups is 1. The maximum Gasteiger partial charge on any atom is 0.257 e. The number of hydrogen-bond donors (Lipinski definition) is 0. The summed E-state index contributed by atoms with van der Waals surface area (Å²) >= 11 is 0. The van der Waals surface area contributed by atoms with Crippen molar-refractivity contribution in [3.05, 3.63) is 83.4 Å². The largest absolute Gasteiger partial charge is 0.379 e. The average molecular weight is 527 g/mol. The zero-order chi connectivity index (χ0) is 25.8. The van der Waals surface area contributed by atoms with Crippen molar-refractivity contribution < 1.29 is 22.3 Å². The van der Waals surface area contributed by atoms with Gasteiger partial charge in [0.2, 0.25) is 15.0 Å². The molecule has 2 aromatic carbocycles. The summed E-state index contributed by atoms with van der Waals surface area (Å²) in [5.74, 6) is -1.15. The van der Waals surface area contributed by atoms with Gasteiger partial charge in [0.15, 0.2) is 0 Å². The number of halogens is 1. The molecule has 1 aliphatic heterocycles. The topological polar surface area (TPSA) is 84.7 Å². The second-order valence-electron chi connectivity index (χ2n) is 9.54. The van der Waals surface area contributed by atoms with Gasteiger partial charge in [-0.2, -0.15) is 0 Å². The molecule has 1 aromatic heterocycles. The third-order valence-corrected chi connectivity index (χ3v) is 8.34. The molecule has 1 amide bonds. The second kappa shape index (κ2) is 11.1. The molecule has 0 unspecified atom stereocenters. The predicted molar refractivity (Wildman–Crippen MR) is 136 cm³/mol. The number of sulfone groups is 1. The molecule has 2 heterocycles. The summed E-state index contributed by atoms with van der Waals surface area (Å²) in [6.45, 7) is 3.93. The first kappa shape index (κ1) is 25.6. The Morgan fingerprint density at radius 1 is 1.05 bits per heavy atom. The summed E-state index contributed by atoms with van der Waals surface area (Å²) < 4.78 is 48.4. The van der Waals surface area contributed by atoms with Crippen molar-refractivity contribution in [2.75, 3.05) is 39.4 Å². The number of amides is 1. The van der Waals surface area contributed by atoms with E-state index in [9.17, 15) is 17.6 Å². The number of hydrogen-bond acceptors (Lipinski definition) is 6. The number of aromatic nitrogens is 2. The summed E-state index contributed by atoms with van der Waals surface area (Å²) in [5.41, 5.74) is 1.33. The van der Waals surface area contributed by atoms with Gasteiger partial charge >= 0.3 is 0 Å². The maximum atomic E-state index is 14.5. The maximum absolute atomic E-state index is 14.5. The zero-order valence-corrected chi connectivity index (χ0v) is 21.4. The Labute approximate surface area is 216 Å². The summed E-state index contributed by atoms with van der Waals surface area (Å²) in [6, 6.07) is 15.0. The molecule has 1 saturated heterocycles. The molecule has 0 bridgehead atoms. The number of benzene rings is 2.